The van der Waals surface area contributed by atoms with E-state index in [1.54, 1.807) is 20.9 Å². The Morgan fingerprint density at radius 3 is 2.75 bits per heavy atom. The maximum Gasteiger partial charge on any atom is 0.317 e. The Bertz CT molecular complexity index is 499. The molecule has 20 heavy (non-hydrogen) atoms. The number of carbonyl (C=O) groups is 1. The molecular weight excluding hydrogens is 320 g/mol. The van der Waals surface area contributed by atoms with Gasteiger partial charge in [0.1, 0.15) is 0 Å². The predicted molar refractivity (Wildman–Crippen MR) is 82.7 cm³/mol. The molecule has 0 aliphatic heterocycles. The van der Waals surface area contributed by atoms with Crippen molar-refractivity contribution in [1.29, 1.82) is 0 Å². The zero-order valence-electron chi connectivity index (χ0n) is 12.1. The van der Waals surface area contributed by atoms with Gasteiger partial charge in [-0.2, -0.15) is 0 Å². The van der Waals surface area contributed by atoms with Crippen LogP contribution >= 0.6 is 15.9 Å². The molecule has 1 aliphatic rings. The molecule has 2 unspecified atom stereocenters. The van der Waals surface area contributed by atoms with E-state index in [1.165, 1.54) is 10.5 Å². The van der Waals surface area contributed by atoms with Gasteiger partial charge in [-0.05, 0) is 31.9 Å². The summed E-state index contributed by atoms with van der Waals surface area (Å²) < 4.78 is 1.09. The first-order valence-corrected chi connectivity index (χ1v) is 7.55. The highest BCUT2D eigenvalue weighted by Gasteiger charge is 2.41. The van der Waals surface area contributed by atoms with E-state index < -0.39 is 5.60 Å². The van der Waals surface area contributed by atoms with Crippen LogP contribution in [0, 0.1) is 0 Å². The van der Waals surface area contributed by atoms with Crippen LogP contribution in [0.15, 0.2) is 28.7 Å². The number of nitrogens with one attached hydrogen (secondary N) is 1. The lowest BCUT2D eigenvalue weighted by atomic mass is 10.1. The van der Waals surface area contributed by atoms with Crippen LogP contribution in [0.1, 0.15) is 31.7 Å². The number of benzene rings is 1. The van der Waals surface area contributed by atoms with Crippen molar-refractivity contribution in [2.24, 2.45) is 0 Å². The number of amides is 2. The molecule has 0 saturated heterocycles. The van der Waals surface area contributed by atoms with Gasteiger partial charge in [-0.1, -0.05) is 34.1 Å². The summed E-state index contributed by atoms with van der Waals surface area (Å²) in [6.07, 6.45) is 0.963. The van der Waals surface area contributed by atoms with E-state index in [9.17, 15) is 9.90 Å². The van der Waals surface area contributed by atoms with Crippen LogP contribution in [-0.2, 0) is 0 Å². The molecule has 2 atom stereocenters. The average Bonchev–Trinajstić information content (AvgIpc) is 3.06. The van der Waals surface area contributed by atoms with Crippen LogP contribution in [0.2, 0.25) is 0 Å². The van der Waals surface area contributed by atoms with Crippen LogP contribution in [0.4, 0.5) is 4.79 Å². The third-order valence-electron chi connectivity index (χ3n) is 3.37. The minimum Gasteiger partial charge on any atom is -0.389 e. The summed E-state index contributed by atoms with van der Waals surface area (Å²) in [4.78, 5) is 13.5. The van der Waals surface area contributed by atoms with Crippen molar-refractivity contribution >= 4 is 22.0 Å². The van der Waals surface area contributed by atoms with Crippen LogP contribution in [0.25, 0.3) is 0 Å². The summed E-state index contributed by atoms with van der Waals surface area (Å²) >= 11 is 3.54. The first kappa shape index (κ1) is 15.3. The molecule has 5 heteroatoms. The van der Waals surface area contributed by atoms with E-state index in [4.69, 9.17) is 0 Å². The van der Waals surface area contributed by atoms with Crippen LogP contribution in [0.3, 0.4) is 0 Å². The van der Waals surface area contributed by atoms with Crippen molar-refractivity contribution in [2.45, 2.75) is 37.8 Å². The number of carbonyl (C=O) groups excluding carboxylic acids is 1. The van der Waals surface area contributed by atoms with E-state index in [1.807, 2.05) is 18.2 Å². The summed E-state index contributed by atoms with van der Waals surface area (Å²) in [5.74, 6) is 0.380. The SMILES string of the molecule is CN(CC(C)(C)O)C(=O)NC1CC1c1ccccc1Br. The molecule has 2 N–H and O–H groups in total. The third-order valence-corrected chi connectivity index (χ3v) is 4.10. The lowest BCUT2D eigenvalue weighted by molar-refractivity contribution is 0.0531. The number of hydrogen-bond donors (Lipinski definition) is 2. The monoisotopic (exact) mass is 340 g/mol. The van der Waals surface area contributed by atoms with Crippen molar-refractivity contribution < 1.29 is 9.90 Å². The molecule has 1 aromatic carbocycles. The molecular formula is C15H21BrN2O2. The van der Waals surface area contributed by atoms with Crippen molar-refractivity contribution in [2.75, 3.05) is 13.6 Å². The second-order valence-electron chi connectivity index (χ2n) is 6.09. The lowest BCUT2D eigenvalue weighted by Gasteiger charge is -2.25. The Morgan fingerprint density at radius 1 is 1.50 bits per heavy atom. The Labute approximate surface area is 128 Å². The molecule has 0 bridgehead atoms. The van der Waals surface area contributed by atoms with E-state index in [0.29, 0.717) is 12.5 Å². The zero-order valence-corrected chi connectivity index (χ0v) is 13.6. The second-order valence-corrected chi connectivity index (χ2v) is 6.94. The fourth-order valence-corrected chi connectivity index (χ4v) is 2.97. The van der Waals surface area contributed by atoms with Gasteiger partial charge in [0.15, 0.2) is 0 Å². The molecule has 1 aromatic rings. The number of nitrogens with zero attached hydrogens (tertiary/aromatic N) is 1. The third kappa shape index (κ3) is 3.96. The highest BCUT2D eigenvalue weighted by molar-refractivity contribution is 9.10. The molecule has 4 nitrogen and oxygen atoms in total. The Kier molecular flexibility index (Phi) is 4.39. The van der Waals surface area contributed by atoms with Gasteiger partial charge < -0.3 is 15.3 Å². The summed E-state index contributed by atoms with van der Waals surface area (Å²) in [6.45, 7) is 3.70. The van der Waals surface area contributed by atoms with Gasteiger partial charge in [-0.3, -0.25) is 0 Å². The van der Waals surface area contributed by atoms with Crippen LogP contribution in [0.5, 0.6) is 0 Å². The van der Waals surface area contributed by atoms with Crippen LogP contribution in [-0.4, -0.2) is 41.3 Å². The summed E-state index contributed by atoms with van der Waals surface area (Å²) in [5, 5.41) is 12.7. The van der Waals surface area contributed by atoms with Gasteiger partial charge in [0.2, 0.25) is 0 Å². The van der Waals surface area contributed by atoms with Gasteiger partial charge >= 0.3 is 6.03 Å². The minimum atomic E-state index is -0.877. The highest BCUT2D eigenvalue weighted by Crippen LogP contribution is 2.43. The summed E-state index contributed by atoms with van der Waals surface area (Å²) in [7, 11) is 1.70. The Balaban J connectivity index is 1.88. The molecule has 1 fully saturated rings. The average molecular weight is 341 g/mol. The first-order valence-electron chi connectivity index (χ1n) is 6.76. The van der Waals surface area contributed by atoms with Gasteiger partial charge in [0.25, 0.3) is 0 Å². The fraction of sp³-hybridized carbons (Fsp3) is 0.533. The smallest absolute Gasteiger partial charge is 0.317 e. The number of likely N-dealkylation sites (N-methyl/N-ethyl adjacent to an activating group) is 1. The normalized spacial score (nSPS) is 21.4. The van der Waals surface area contributed by atoms with E-state index in [2.05, 4.69) is 27.3 Å². The van der Waals surface area contributed by atoms with Crippen molar-refractivity contribution in [1.82, 2.24) is 10.2 Å². The van der Waals surface area contributed by atoms with Gasteiger partial charge in [-0.25, -0.2) is 4.79 Å². The number of aliphatic hydroxyl groups is 1. The summed E-state index contributed by atoms with van der Waals surface area (Å²) in [6, 6.07) is 8.16. The molecule has 1 saturated carbocycles. The number of rotatable bonds is 4. The number of urea groups is 1. The maximum atomic E-state index is 12.0. The Morgan fingerprint density at radius 2 is 2.15 bits per heavy atom. The van der Waals surface area contributed by atoms with Gasteiger partial charge in [-0.15, -0.1) is 0 Å². The quantitative estimate of drug-likeness (QED) is 0.885. The van der Waals surface area contributed by atoms with E-state index >= 15 is 0 Å². The first-order chi connectivity index (χ1) is 9.28. The fourth-order valence-electron chi connectivity index (χ4n) is 2.40. The topological polar surface area (TPSA) is 52.6 Å². The van der Waals surface area contributed by atoms with Crippen molar-refractivity contribution in [3.05, 3.63) is 34.3 Å². The minimum absolute atomic E-state index is 0.133. The number of halogens is 1. The standard InChI is InChI=1S/C15H21BrN2O2/c1-15(2,20)9-18(3)14(19)17-13-8-11(13)10-6-4-5-7-12(10)16/h4-7,11,13,20H,8-9H2,1-3H3,(H,17,19). The van der Waals surface area contributed by atoms with Crippen molar-refractivity contribution in [3.8, 4) is 0 Å². The van der Waals surface area contributed by atoms with E-state index in [0.717, 1.165) is 10.9 Å². The molecule has 0 radical (unpaired) electrons. The second kappa shape index (κ2) is 5.74. The highest BCUT2D eigenvalue weighted by atomic mass is 79.9. The molecule has 0 aromatic heterocycles. The van der Waals surface area contributed by atoms with Crippen LogP contribution < -0.4 is 5.32 Å². The predicted octanol–water partition coefficient (Wildman–Crippen LogP) is 2.72. The molecule has 1 aliphatic carbocycles. The molecule has 0 spiro atoms. The molecule has 2 rings (SSSR count). The van der Waals surface area contributed by atoms with Gasteiger partial charge in [0, 0.05) is 23.5 Å². The zero-order chi connectivity index (χ0) is 14.9. The number of hydrogen-bond acceptors (Lipinski definition) is 2. The molecule has 0 heterocycles. The van der Waals surface area contributed by atoms with E-state index in [-0.39, 0.29) is 12.1 Å². The molecule has 2 amide bonds. The van der Waals surface area contributed by atoms with Gasteiger partial charge in [0.05, 0.1) is 12.1 Å². The lowest BCUT2D eigenvalue weighted by Crippen LogP contribution is -2.45. The molecule has 110 valence electrons. The van der Waals surface area contributed by atoms with Crippen molar-refractivity contribution in [3.63, 3.8) is 0 Å². The largest absolute Gasteiger partial charge is 0.389 e. The summed E-state index contributed by atoms with van der Waals surface area (Å²) in [5.41, 5.74) is 0.361. The maximum absolute atomic E-state index is 12.0. The Hall–Kier alpha value is -1.07.